The number of carboxylic acids is 1. The number of aliphatic hydroxyl groups is 2. The fraction of sp³-hybridized carbons (Fsp3) is 0.273. The average Bonchev–Trinajstić information content (AvgIpc) is 3.27. The van der Waals surface area contributed by atoms with Gasteiger partial charge in [-0.25, -0.2) is 4.39 Å². The first kappa shape index (κ1) is 32.7. The summed E-state index contributed by atoms with van der Waals surface area (Å²) in [4.78, 5) is 25.0. The van der Waals surface area contributed by atoms with Gasteiger partial charge in [0.25, 0.3) is 0 Å². The van der Waals surface area contributed by atoms with E-state index in [0.29, 0.717) is 16.7 Å². The molecule has 2 N–H and O–H groups in total. The number of hydrogen-bond acceptors (Lipinski definition) is 5. The van der Waals surface area contributed by atoms with Gasteiger partial charge < -0.3 is 24.7 Å². The minimum atomic E-state index is -1.39. The molecule has 0 aliphatic heterocycles. The van der Waals surface area contributed by atoms with E-state index in [-0.39, 0.29) is 74.6 Å². The van der Waals surface area contributed by atoms with Crippen molar-refractivity contribution in [2.45, 2.75) is 57.8 Å². The van der Waals surface area contributed by atoms with Gasteiger partial charge in [0.05, 0.1) is 23.5 Å². The molecule has 2 atom stereocenters. The maximum absolute atomic E-state index is 14.2. The normalized spacial score (nSPS) is 12.5. The van der Waals surface area contributed by atoms with E-state index in [0.717, 1.165) is 22.5 Å². The zero-order valence-corrected chi connectivity index (χ0v) is 25.5. The topological polar surface area (TPSA) is 103 Å². The summed E-state index contributed by atoms with van der Waals surface area (Å²) in [5.41, 5.74) is 4.82. The van der Waals surface area contributed by atoms with Crippen LogP contribution in [0.15, 0.2) is 84.9 Å². The van der Waals surface area contributed by atoms with E-state index in [9.17, 15) is 29.3 Å². The molecule has 6 nitrogen and oxygen atoms in total. The third kappa shape index (κ3) is 7.93. The number of rotatable bonds is 12. The van der Waals surface area contributed by atoms with Crippen LogP contribution in [0, 0.1) is 5.82 Å². The fourth-order valence-electron chi connectivity index (χ4n) is 5.21. The van der Waals surface area contributed by atoms with Crippen LogP contribution in [0.1, 0.15) is 60.6 Å². The molecule has 0 radical (unpaired) electrons. The van der Waals surface area contributed by atoms with Gasteiger partial charge in [0.15, 0.2) is 5.78 Å². The van der Waals surface area contributed by atoms with Crippen LogP contribution in [0.2, 0.25) is 0 Å². The van der Waals surface area contributed by atoms with E-state index < -0.39 is 24.6 Å². The molecule has 0 saturated carbocycles. The van der Waals surface area contributed by atoms with Gasteiger partial charge >= 0.3 is 37.7 Å². The molecule has 2 unspecified atom stereocenters. The summed E-state index contributed by atoms with van der Waals surface area (Å²) in [6.07, 6.45) is -2.72. The minimum Gasteiger partial charge on any atom is -0.550 e. The third-order valence-electron chi connectivity index (χ3n) is 6.93. The standard InChI is InChI=1S/C33H34FNO5.Ca/c1-21(2)31-30(33(40)24-11-7-4-8-12-24)29(22-9-5-3-6-10-22)32(23-13-15-25(34)16-14-23)35(31)18-17-26(36)19-27(37)20-28(38)39;/h3-16,21,26-27,36-37H,17-20H2,1-2H3,(H,38,39);/q;+2/p-1. The molecule has 0 bridgehead atoms. The summed E-state index contributed by atoms with van der Waals surface area (Å²) >= 11 is 0. The number of aliphatic carboxylic acids is 1. The number of hydrogen-bond donors (Lipinski definition) is 2. The first-order valence-electron chi connectivity index (χ1n) is 13.4. The van der Waals surface area contributed by atoms with Crippen molar-refractivity contribution in [3.63, 3.8) is 0 Å². The Morgan fingerprint density at radius 1 is 0.854 bits per heavy atom. The van der Waals surface area contributed by atoms with Crippen molar-refractivity contribution >= 4 is 49.5 Å². The van der Waals surface area contributed by atoms with Gasteiger partial charge in [-0.2, -0.15) is 0 Å². The van der Waals surface area contributed by atoms with E-state index in [1.165, 1.54) is 12.1 Å². The second-order valence-corrected chi connectivity index (χ2v) is 10.3. The molecular weight excluding hydrogens is 549 g/mol. The summed E-state index contributed by atoms with van der Waals surface area (Å²) in [5, 5.41) is 31.6. The number of benzene rings is 3. The Hall–Kier alpha value is -2.81. The molecule has 0 aliphatic rings. The van der Waals surface area contributed by atoms with Crippen LogP contribution < -0.4 is 5.11 Å². The van der Waals surface area contributed by atoms with Gasteiger partial charge in [0, 0.05) is 35.8 Å². The van der Waals surface area contributed by atoms with Gasteiger partial charge in [-0.05, 0) is 54.2 Å². The summed E-state index contributed by atoms with van der Waals surface area (Å²) in [6.45, 7) is 4.27. The SMILES string of the molecule is CC(C)c1c(C(=O)c2ccccc2)c(-c2ccccc2)c(-c2ccc(F)cc2)n1CCC(O)CC(O)CC(=O)[O-].[Ca+2]. The smallest absolute Gasteiger partial charge is 0.550 e. The minimum absolute atomic E-state index is 0. The molecule has 41 heavy (non-hydrogen) atoms. The molecule has 3 aromatic carbocycles. The van der Waals surface area contributed by atoms with Gasteiger partial charge in [0.2, 0.25) is 0 Å². The van der Waals surface area contributed by atoms with Crippen LogP contribution in [0.4, 0.5) is 4.39 Å². The van der Waals surface area contributed by atoms with Gasteiger partial charge in [0.1, 0.15) is 5.82 Å². The Kier molecular flexibility index (Phi) is 11.9. The zero-order valence-electron chi connectivity index (χ0n) is 23.3. The average molecular weight is 583 g/mol. The van der Waals surface area contributed by atoms with E-state index in [1.54, 1.807) is 24.3 Å². The van der Waals surface area contributed by atoms with Crippen molar-refractivity contribution in [2.24, 2.45) is 0 Å². The third-order valence-corrected chi connectivity index (χ3v) is 6.93. The molecule has 1 heterocycles. The number of nitrogens with zero attached hydrogens (tertiary/aromatic N) is 1. The second kappa shape index (κ2) is 14.9. The first-order valence-corrected chi connectivity index (χ1v) is 13.4. The quantitative estimate of drug-likeness (QED) is 0.188. The van der Waals surface area contributed by atoms with E-state index in [2.05, 4.69) is 0 Å². The Bertz CT molecular complexity index is 1450. The number of halogens is 1. The number of ketones is 1. The monoisotopic (exact) mass is 582 g/mol. The molecule has 0 spiro atoms. The van der Waals surface area contributed by atoms with Crippen molar-refractivity contribution in [3.8, 4) is 22.4 Å². The molecule has 0 saturated heterocycles. The summed E-state index contributed by atoms with van der Waals surface area (Å²) < 4.78 is 16.0. The van der Waals surface area contributed by atoms with Crippen LogP contribution in [0.25, 0.3) is 22.4 Å². The molecule has 208 valence electrons. The first-order chi connectivity index (χ1) is 19.2. The van der Waals surface area contributed by atoms with E-state index in [4.69, 9.17) is 0 Å². The van der Waals surface area contributed by atoms with Crippen LogP contribution in [-0.2, 0) is 11.3 Å². The Morgan fingerprint density at radius 2 is 1.44 bits per heavy atom. The van der Waals surface area contributed by atoms with Gasteiger partial charge in [-0.15, -0.1) is 0 Å². The van der Waals surface area contributed by atoms with Crippen LogP contribution in [0.3, 0.4) is 0 Å². The Morgan fingerprint density at radius 3 is 2.00 bits per heavy atom. The maximum Gasteiger partial charge on any atom is 2.00 e. The molecule has 8 heteroatoms. The van der Waals surface area contributed by atoms with E-state index >= 15 is 0 Å². The van der Waals surface area contributed by atoms with Crippen molar-refractivity contribution < 1.29 is 29.3 Å². The van der Waals surface area contributed by atoms with Crippen LogP contribution >= 0.6 is 0 Å². The molecule has 4 rings (SSSR count). The van der Waals surface area contributed by atoms with Crippen LogP contribution in [-0.4, -0.2) is 76.5 Å². The predicted molar refractivity (Wildman–Crippen MR) is 156 cm³/mol. The predicted octanol–water partition coefficient (Wildman–Crippen LogP) is 4.58. The number of carbonyl (C=O) groups excluding carboxylic acids is 2. The summed E-state index contributed by atoms with van der Waals surface area (Å²) in [5.74, 6) is -2.01. The molecular formula is C33H33CaFNO5+. The van der Waals surface area contributed by atoms with Gasteiger partial charge in [-0.1, -0.05) is 74.5 Å². The Labute approximate surface area is 269 Å². The van der Waals surface area contributed by atoms with Gasteiger partial charge in [-0.3, -0.25) is 4.79 Å². The van der Waals surface area contributed by atoms with Crippen molar-refractivity contribution in [2.75, 3.05) is 0 Å². The maximum atomic E-state index is 14.2. The Balaban J connectivity index is 0.00000462. The molecule has 0 aliphatic carbocycles. The number of carboxylic acid groups (broad SMARTS) is 1. The second-order valence-electron chi connectivity index (χ2n) is 10.3. The largest absolute Gasteiger partial charge is 2.00 e. The zero-order chi connectivity index (χ0) is 28.8. The van der Waals surface area contributed by atoms with Crippen molar-refractivity contribution in [1.29, 1.82) is 0 Å². The summed E-state index contributed by atoms with van der Waals surface area (Å²) in [6, 6.07) is 24.7. The number of aliphatic hydroxyl groups excluding tert-OH is 2. The molecule has 4 aromatic rings. The molecule has 1 aromatic heterocycles. The summed E-state index contributed by atoms with van der Waals surface area (Å²) in [7, 11) is 0. The number of carbonyl (C=O) groups is 2. The van der Waals surface area contributed by atoms with Crippen molar-refractivity contribution in [1.82, 2.24) is 4.57 Å². The fourth-order valence-corrected chi connectivity index (χ4v) is 5.21. The number of aromatic nitrogens is 1. The molecule has 0 amide bonds. The van der Waals surface area contributed by atoms with E-state index in [1.807, 2.05) is 66.9 Å². The van der Waals surface area contributed by atoms with Crippen LogP contribution in [0.5, 0.6) is 0 Å². The molecule has 0 fully saturated rings. The van der Waals surface area contributed by atoms with Crippen molar-refractivity contribution in [3.05, 3.63) is 108 Å².